The molecule has 1 aromatic carbocycles. The third-order valence-electron chi connectivity index (χ3n) is 4.91. The van der Waals surface area contributed by atoms with E-state index < -0.39 is 0 Å². The van der Waals surface area contributed by atoms with Crippen molar-refractivity contribution in [2.75, 3.05) is 0 Å². The van der Waals surface area contributed by atoms with Gasteiger partial charge in [-0.3, -0.25) is 9.78 Å². The minimum absolute atomic E-state index is 0.0587. The van der Waals surface area contributed by atoms with E-state index in [1.807, 2.05) is 35.4 Å². The van der Waals surface area contributed by atoms with Crippen molar-refractivity contribution in [1.29, 1.82) is 0 Å². The van der Waals surface area contributed by atoms with Crippen LogP contribution in [0.4, 0.5) is 0 Å². The van der Waals surface area contributed by atoms with Crippen molar-refractivity contribution < 1.29 is 9.21 Å². The number of carbonyl (C=O) groups is 1. The second kappa shape index (κ2) is 7.16. The highest BCUT2D eigenvalue weighted by atomic mass is 16.3. The first kappa shape index (κ1) is 16.6. The highest BCUT2D eigenvalue weighted by molar-refractivity contribution is 5.83. The van der Waals surface area contributed by atoms with Crippen LogP contribution in [0.3, 0.4) is 0 Å². The van der Waals surface area contributed by atoms with Gasteiger partial charge in [0.2, 0.25) is 5.91 Å². The summed E-state index contributed by atoms with van der Waals surface area (Å²) < 4.78 is 5.47. The normalized spacial score (nSPS) is 18.5. The summed E-state index contributed by atoms with van der Waals surface area (Å²) in [6.45, 7) is 3.12. The van der Waals surface area contributed by atoms with E-state index in [9.17, 15) is 4.79 Å². The van der Waals surface area contributed by atoms with E-state index in [2.05, 4.69) is 36.2 Å². The highest BCUT2D eigenvalue weighted by Gasteiger charge is 2.45. The zero-order valence-corrected chi connectivity index (χ0v) is 14.8. The van der Waals surface area contributed by atoms with Crippen LogP contribution < -0.4 is 0 Å². The molecule has 26 heavy (non-hydrogen) atoms. The molecular weight excluding hydrogens is 324 g/mol. The number of rotatable bonds is 6. The van der Waals surface area contributed by atoms with E-state index in [4.69, 9.17) is 4.42 Å². The molecule has 1 amide bonds. The molecule has 4 heteroatoms. The smallest absolute Gasteiger partial charge is 0.227 e. The maximum absolute atomic E-state index is 13.2. The average molecular weight is 346 g/mol. The predicted molar refractivity (Wildman–Crippen MR) is 99.2 cm³/mol. The van der Waals surface area contributed by atoms with Crippen LogP contribution in [-0.4, -0.2) is 15.8 Å². The molecule has 2 aromatic heterocycles. The van der Waals surface area contributed by atoms with Crippen LogP contribution in [0.5, 0.6) is 0 Å². The Kier molecular flexibility index (Phi) is 4.57. The lowest BCUT2D eigenvalue weighted by molar-refractivity contribution is -0.134. The SMILES string of the molecule is Cc1cccc(C2CC2C(=O)N(Cc2cccnc2)Cc2ccco2)c1. The first-order valence-electron chi connectivity index (χ1n) is 8.97. The molecule has 1 fully saturated rings. The van der Waals surface area contributed by atoms with Gasteiger partial charge < -0.3 is 9.32 Å². The van der Waals surface area contributed by atoms with Crippen molar-refractivity contribution in [3.8, 4) is 0 Å². The van der Waals surface area contributed by atoms with Crippen LogP contribution >= 0.6 is 0 Å². The summed E-state index contributed by atoms with van der Waals surface area (Å²) in [5.41, 5.74) is 3.53. The third-order valence-corrected chi connectivity index (χ3v) is 4.91. The van der Waals surface area contributed by atoms with Crippen LogP contribution in [-0.2, 0) is 17.9 Å². The van der Waals surface area contributed by atoms with Crippen molar-refractivity contribution in [3.63, 3.8) is 0 Å². The Bertz CT molecular complexity index is 874. The maximum Gasteiger partial charge on any atom is 0.227 e. The number of pyridine rings is 1. The molecule has 2 atom stereocenters. The van der Waals surface area contributed by atoms with Gasteiger partial charge in [0.05, 0.1) is 12.8 Å². The number of hydrogen-bond donors (Lipinski definition) is 0. The first-order chi connectivity index (χ1) is 12.7. The van der Waals surface area contributed by atoms with Gasteiger partial charge in [0.25, 0.3) is 0 Å². The molecule has 132 valence electrons. The maximum atomic E-state index is 13.2. The summed E-state index contributed by atoms with van der Waals surface area (Å²) in [4.78, 5) is 19.2. The van der Waals surface area contributed by atoms with Crippen molar-refractivity contribution in [3.05, 3.63) is 89.6 Å². The summed E-state index contributed by atoms with van der Waals surface area (Å²) in [7, 11) is 0. The number of carbonyl (C=O) groups excluding carboxylic acids is 1. The topological polar surface area (TPSA) is 46.3 Å². The molecular formula is C22H22N2O2. The molecule has 2 heterocycles. The minimum atomic E-state index is 0.0587. The molecule has 2 unspecified atom stereocenters. The Morgan fingerprint density at radius 3 is 2.85 bits per heavy atom. The van der Waals surface area contributed by atoms with Gasteiger partial charge in [-0.1, -0.05) is 35.9 Å². The molecule has 0 saturated heterocycles. The van der Waals surface area contributed by atoms with Crippen LogP contribution in [0.2, 0.25) is 0 Å². The molecule has 1 saturated carbocycles. The van der Waals surface area contributed by atoms with Crippen molar-refractivity contribution >= 4 is 5.91 Å². The van der Waals surface area contributed by atoms with Gasteiger partial charge in [-0.05, 0) is 48.6 Å². The van der Waals surface area contributed by atoms with E-state index in [1.165, 1.54) is 11.1 Å². The van der Waals surface area contributed by atoms with Crippen LogP contribution in [0.15, 0.2) is 71.6 Å². The monoisotopic (exact) mass is 346 g/mol. The summed E-state index contributed by atoms with van der Waals surface area (Å²) in [5.74, 6) is 1.38. The molecule has 0 N–H and O–H groups in total. The predicted octanol–water partition coefficient (Wildman–Crippen LogP) is 4.32. The lowest BCUT2D eigenvalue weighted by Gasteiger charge is -2.22. The van der Waals surface area contributed by atoms with Gasteiger partial charge in [-0.15, -0.1) is 0 Å². The van der Waals surface area contributed by atoms with Crippen molar-refractivity contribution in [1.82, 2.24) is 9.88 Å². The molecule has 0 bridgehead atoms. The fraction of sp³-hybridized carbons (Fsp3) is 0.273. The fourth-order valence-corrected chi connectivity index (χ4v) is 3.49. The number of amides is 1. The van der Waals surface area contributed by atoms with E-state index in [-0.39, 0.29) is 11.8 Å². The van der Waals surface area contributed by atoms with E-state index in [0.717, 1.165) is 17.7 Å². The van der Waals surface area contributed by atoms with Gasteiger partial charge in [-0.25, -0.2) is 0 Å². The van der Waals surface area contributed by atoms with Gasteiger partial charge in [0, 0.05) is 24.9 Å². The number of aryl methyl sites for hydroxylation is 1. The van der Waals surface area contributed by atoms with Crippen molar-refractivity contribution in [2.24, 2.45) is 5.92 Å². The van der Waals surface area contributed by atoms with Gasteiger partial charge in [0.15, 0.2) is 0 Å². The second-order valence-electron chi connectivity index (χ2n) is 7.00. The fourth-order valence-electron chi connectivity index (χ4n) is 3.49. The molecule has 4 nitrogen and oxygen atoms in total. The lowest BCUT2D eigenvalue weighted by atomic mass is 10.1. The number of hydrogen-bond acceptors (Lipinski definition) is 3. The lowest BCUT2D eigenvalue weighted by Crippen LogP contribution is -2.31. The summed E-state index contributed by atoms with van der Waals surface area (Å²) >= 11 is 0. The zero-order valence-electron chi connectivity index (χ0n) is 14.8. The van der Waals surface area contributed by atoms with Gasteiger partial charge in [-0.2, -0.15) is 0 Å². The largest absolute Gasteiger partial charge is 0.467 e. The van der Waals surface area contributed by atoms with Crippen molar-refractivity contribution in [2.45, 2.75) is 32.4 Å². The van der Waals surface area contributed by atoms with E-state index >= 15 is 0 Å². The van der Waals surface area contributed by atoms with E-state index in [0.29, 0.717) is 19.0 Å². The molecule has 1 aliphatic carbocycles. The average Bonchev–Trinajstić information content (AvgIpc) is 3.30. The number of aromatic nitrogens is 1. The minimum Gasteiger partial charge on any atom is -0.467 e. The summed E-state index contributed by atoms with van der Waals surface area (Å²) in [6, 6.07) is 16.1. The molecule has 3 aromatic rings. The Hall–Kier alpha value is -2.88. The quantitative estimate of drug-likeness (QED) is 0.668. The number of benzene rings is 1. The number of nitrogens with zero attached hydrogens (tertiary/aromatic N) is 2. The molecule has 0 aliphatic heterocycles. The van der Waals surface area contributed by atoms with Gasteiger partial charge in [0.1, 0.15) is 5.76 Å². The van der Waals surface area contributed by atoms with E-state index in [1.54, 1.807) is 12.5 Å². The van der Waals surface area contributed by atoms with Crippen LogP contribution in [0.1, 0.15) is 34.8 Å². The number of furan rings is 1. The zero-order chi connectivity index (χ0) is 17.9. The second-order valence-corrected chi connectivity index (χ2v) is 7.00. The standard InChI is InChI=1S/C22H22N2O2/c1-16-5-2-7-18(11-16)20-12-21(20)22(25)24(15-19-8-4-10-26-19)14-17-6-3-9-23-13-17/h2-11,13,20-21H,12,14-15H2,1H3. The molecule has 4 rings (SSSR count). The molecule has 0 spiro atoms. The van der Waals surface area contributed by atoms with Crippen LogP contribution in [0, 0.1) is 12.8 Å². The first-order valence-corrected chi connectivity index (χ1v) is 8.97. The Morgan fingerprint density at radius 2 is 2.12 bits per heavy atom. The Labute approximate surface area is 153 Å². The van der Waals surface area contributed by atoms with Crippen LogP contribution in [0.25, 0.3) is 0 Å². The Balaban J connectivity index is 1.51. The molecule has 1 aliphatic rings. The highest BCUT2D eigenvalue weighted by Crippen LogP contribution is 2.48. The summed E-state index contributed by atoms with van der Waals surface area (Å²) in [6.07, 6.45) is 6.13. The third kappa shape index (κ3) is 3.69. The summed E-state index contributed by atoms with van der Waals surface area (Å²) in [5, 5.41) is 0. The Morgan fingerprint density at radius 1 is 1.19 bits per heavy atom. The molecule has 0 radical (unpaired) electrons. The van der Waals surface area contributed by atoms with Gasteiger partial charge >= 0.3 is 0 Å².